The highest BCUT2D eigenvalue weighted by atomic mass is 32.3. The molecule has 7 nitrogen and oxygen atoms in total. The molecule has 9 heteroatoms. The Morgan fingerprint density at radius 2 is 2.04 bits per heavy atom. The maximum atomic E-state index is 13.4. The molecule has 2 aromatic carbocycles. The van der Waals surface area contributed by atoms with Crippen LogP contribution in [0.5, 0.6) is 0 Å². The van der Waals surface area contributed by atoms with E-state index in [2.05, 4.69) is 9.71 Å². The number of fused-ring (bicyclic) bond motifs is 2. The van der Waals surface area contributed by atoms with E-state index in [1.807, 2.05) is 6.07 Å². The van der Waals surface area contributed by atoms with Gasteiger partial charge in [0.15, 0.2) is 0 Å². The van der Waals surface area contributed by atoms with E-state index in [9.17, 15) is 18.3 Å². The molecule has 0 fully saturated rings. The standard InChI is InChI=1S/C18H18FN3O4S/c1-22(18(23)24)9-16-13-6-10(2-5-17(13)27(25,26)21-16)14-8-20-15-7-11(19)3-4-12(14)15/h2-8,16,20-21,25-26H,9H2,1H3,(H,23,24). The van der Waals surface area contributed by atoms with Gasteiger partial charge in [-0.05, 0) is 41.5 Å². The minimum absolute atomic E-state index is 0.0702. The molecule has 1 aromatic heterocycles. The van der Waals surface area contributed by atoms with Crippen LogP contribution in [0.15, 0.2) is 47.5 Å². The maximum Gasteiger partial charge on any atom is 0.407 e. The molecule has 2 heterocycles. The van der Waals surface area contributed by atoms with E-state index in [4.69, 9.17) is 5.11 Å². The number of hydrogen-bond donors (Lipinski definition) is 5. The minimum Gasteiger partial charge on any atom is -0.465 e. The van der Waals surface area contributed by atoms with E-state index in [0.29, 0.717) is 16.0 Å². The van der Waals surface area contributed by atoms with Gasteiger partial charge in [0.05, 0.1) is 10.9 Å². The number of aromatic amines is 1. The second-order valence-corrected chi connectivity index (χ2v) is 8.30. The van der Waals surface area contributed by atoms with E-state index in [-0.39, 0.29) is 12.4 Å². The van der Waals surface area contributed by atoms with Gasteiger partial charge in [-0.15, -0.1) is 10.8 Å². The van der Waals surface area contributed by atoms with Crippen LogP contribution < -0.4 is 4.72 Å². The summed E-state index contributed by atoms with van der Waals surface area (Å²) in [7, 11) is -1.76. The van der Waals surface area contributed by atoms with Crippen molar-refractivity contribution in [1.29, 1.82) is 0 Å². The lowest BCUT2D eigenvalue weighted by Gasteiger charge is -2.29. The van der Waals surface area contributed by atoms with Crippen LogP contribution in [0.3, 0.4) is 0 Å². The Kier molecular flexibility index (Phi) is 4.11. The number of aromatic nitrogens is 1. The first-order valence-electron chi connectivity index (χ1n) is 8.17. The molecular formula is C18H18FN3O4S. The van der Waals surface area contributed by atoms with Crippen LogP contribution in [0.1, 0.15) is 11.6 Å². The van der Waals surface area contributed by atoms with Crippen molar-refractivity contribution in [3.05, 3.63) is 54.0 Å². The summed E-state index contributed by atoms with van der Waals surface area (Å²) in [5.41, 5.74) is 2.96. The molecule has 3 aromatic rings. The third-order valence-electron chi connectivity index (χ3n) is 4.74. The first kappa shape index (κ1) is 17.8. The van der Waals surface area contributed by atoms with Crippen molar-refractivity contribution >= 4 is 27.8 Å². The van der Waals surface area contributed by atoms with E-state index < -0.39 is 22.9 Å². The molecule has 0 radical (unpaired) electrons. The monoisotopic (exact) mass is 391 g/mol. The highest BCUT2D eigenvalue weighted by Gasteiger charge is 2.35. The summed E-state index contributed by atoms with van der Waals surface area (Å²) in [4.78, 5) is 15.6. The number of halogens is 1. The van der Waals surface area contributed by atoms with Crippen molar-refractivity contribution < 1.29 is 23.4 Å². The van der Waals surface area contributed by atoms with Gasteiger partial charge in [0.25, 0.3) is 0 Å². The predicted octanol–water partition coefficient (Wildman–Crippen LogP) is 4.25. The average Bonchev–Trinajstić information content (AvgIpc) is 3.13. The minimum atomic E-state index is -3.19. The number of carboxylic acid groups (broad SMARTS) is 1. The van der Waals surface area contributed by atoms with Gasteiger partial charge in [-0.3, -0.25) is 9.11 Å². The number of H-pyrrole nitrogens is 1. The number of nitrogens with one attached hydrogen (secondary N) is 2. The smallest absolute Gasteiger partial charge is 0.407 e. The molecule has 4 rings (SSSR count). The Morgan fingerprint density at radius 1 is 1.26 bits per heavy atom. The van der Waals surface area contributed by atoms with E-state index in [1.54, 1.807) is 24.4 Å². The summed E-state index contributed by atoms with van der Waals surface area (Å²) < 4.78 is 36.8. The molecule has 1 unspecified atom stereocenters. The highest BCUT2D eigenvalue weighted by Crippen LogP contribution is 2.55. The second kappa shape index (κ2) is 6.24. The molecule has 0 bridgehead atoms. The summed E-state index contributed by atoms with van der Waals surface area (Å²) in [5.74, 6) is -0.334. The Balaban J connectivity index is 1.78. The third kappa shape index (κ3) is 3.04. The van der Waals surface area contributed by atoms with E-state index in [1.165, 1.54) is 19.2 Å². The lowest BCUT2D eigenvalue weighted by atomic mass is 9.99. The van der Waals surface area contributed by atoms with Crippen LogP contribution in [0.25, 0.3) is 22.0 Å². The SMILES string of the molecule is CN(CC1NS(O)(O)c2ccc(-c3c[nH]c4cc(F)ccc34)cc21)C(=O)O. The zero-order valence-electron chi connectivity index (χ0n) is 14.3. The fourth-order valence-corrected chi connectivity index (χ4v) is 4.91. The van der Waals surface area contributed by atoms with Crippen LogP contribution in [0, 0.1) is 5.82 Å². The van der Waals surface area contributed by atoms with Gasteiger partial charge in [-0.2, -0.15) is 0 Å². The fraction of sp³-hybridized carbons (Fsp3) is 0.167. The van der Waals surface area contributed by atoms with Crippen molar-refractivity contribution in [2.75, 3.05) is 13.6 Å². The topological polar surface area (TPSA) is 109 Å². The molecule has 0 saturated carbocycles. The Labute approximate surface area is 155 Å². The molecule has 5 N–H and O–H groups in total. The van der Waals surface area contributed by atoms with Crippen molar-refractivity contribution in [1.82, 2.24) is 14.6 Å². The first-order chi connectivity index (χ1) is 12.8. The molecule has 0 saturated heterocycles. The van der Waals surface area contributed by atoms with Crippen LogP contribution in [-0.2, 0) is 0 Å². The number of likely N-dealkylation sites (N-methyl/N-ethyl adjacent to an activating group) is 1. The van der Waals surface area contributed by atoms with E-state index >= 15 is 0 Å². The van der Waals surface area contributed by atoms with Crippen LogP contribution in [-0.4, -0.2) is 43.8 Å². The average molecular weight is 391 g/mol. The molecule has 0 aliphatic carbocycles. The molecular weight excluding hydrogens is 373 g/mol. The molecule has 1 aliphatic rings. The van der Waals surface area contributed by atoms with Crippen molar-refractivity contribution in [3.63, 3.8) is 0 Å². The van der Waals surface area contributed by atoms with Crippen LogP contribution in [0.4, 0.5) is 9.18 Å². The van der Waals surface area contributed by atoms with Gasteiger partial charge in [0, 0.05) is 36.3 Å². The normalized spacial score (nSPS) is 19.0. The van der Waals surface area contributed by atoms with Gasteiger partial charge in [0.2, 0.25) is 0 Å². The lowest BCUT2D eigenvalue weighted by Crippen LogP contribution is -2.33. The van der Waals surface area contributed by atoms with Crippen molar-refractivity contribution in [2.45, 2.75) is 10.9 Å². The van der Waals surface area contributed by atoms with E-state index in [0.717, 1.165) is 21.4 Å². The molecule has 0 spiro atoms. The zero-order valence-corrected chi connectivity index (χ0v) is 15.1. The molecule has 142 valence electrons. The van der Waals surface area contributed by atoms with Gasteiger partial charge in [0.1, 0.15) is 5.82 Å². The predicted molar refractivity (Wildman–Crippen MR) is 101 cm³/mol. The van der Waals surface area contributed by atoms with Crippen molar-refractivity contribution in [3.8, 4) is 11.1 Å². The first-order valence-corrected chi connectivity index (χ1v) is 9.71. The quantitative estimate of drug-likeness (QED) is 0.459. The summed E-state index contributed by atoms with van der Waals surface area (Å²) in [5, 5.41) is 9.95. The molecule has 1 aliphatic heterocycles. The van der Waals surface area contributed by atoms with Gasteiger partial charge in [-0.25, -0.2) is 13.9 Å². The summed E-state index contributed by atoms with van der Waals surface area (Å²) in [6.45, 7) is 0.0702. The van der Waals surface area contributed by atoms with Gasteiger partial charge >= 0.3 is 6.09 Å². The third-order valence-corrected chi connectivity index (χ3v) is 6.33. The summed E-state index contributed by atoms with van der Waals surface area (Å²) >= 11 is 0. The van der Waals surface area contributed by atoms with Crippen LogP contribution >= 0.6 is 10.8 Å². The fourth-order valence-electron chi connectivity index (χ4n) is 3.40. The number of amides is 1. The zero-order chi connectivity index (χ0) is 19.3. The largest absolute Gasteiger partial charge is 0.465 e. The highest BCUT2D eigenvalue weighted by molar-refractivity contribution is 8.22. The Morgan fingerprint density at radius 3 is 2.78 bits per heavy atom. The number of rotatable bonds is 3. The maximum absolute atomic E-state index is 13.4. The van der Waals surface area contributed by atoms with Crippen molar-refractivity contribution in [2.24, 2.45) is 0 Å². The van der Waals surface area contributed by atoms with Gasteiger partial charge < -0.3 is 15.0 Å². The Hall–Kier alpha value is -2.59. The lowest BCUT2D eigenvalue weighted by molar-refractivity contribution is 0.152. The number of nitrogens with zero attached hydrogens (tertiary/aromatic N) is 1. The summed E-state index contributed by atoms with van der Waals surface area (Å²) in [6.07, 6.45) is 0.668. The molecule has 27 heavy (non-hydrogen) atoms. The van der Waals surface area contributed by atoms with Gasteiger partial charge in [-0.1, -0.05) is 6.07 Å². The van der Waals surface area contributed by atoms with Crippen LogP contribution in [0.2, 0.25) is 0 Å². The Bertz CT molecular complexity index is 1050. The molecule has 1 amide bonds. The summed E-state index contributed by atoms with van der Waals surface area (Å²) in [6, 6.07) is 9.15. The number of benzene rings is 2. The second-order valence-electron chi connectivity index (χ2n) is 6.53. The number of carbonyl (C=O) groups is 1. The number of hydrogen-bond acceptors (Lipinski definition) is 4. The molecule has 1 atom stereocenters.